The van der Waals surface area contributed by atoms with Crippen molar-refractivity contribution in [1.82, 2.24) is 5.32 Å². The maximum atomic E-state index is 12.0. The van der Waals surface area contributed by atoms with Gasteiger partial charge in [0.1, 0.15) is 0 Å². The summed E-state index contributed by atoms with van der Waals surface area (Å²) in [5.41, 5.74) is 1.12. The Balaban J connectivity index is 1.98. The Morgan fingerprint density at radius 3 is 2.94 bits per heavy atom. The Bertz CT molecular complexity index is 518. The van der Waals surface area contributed by atoms with Gasteiger partial charge < -0.3 is 5.32 Å². The molecule has 2 aromatic rings. The van der Waals surface area contributed by atoms with Gasteiger partial charge in [-0.1, -0.05) is 6.92 Å². The summed E-state index contributed by atoms with van der Waals surface area (Å²) in [7, 11) is 0. The van der Waals surface area contributed by atoms with Crippen LogP contribution in [0.25, 0.3) is 0 Å². The first-order chi connectivity index (χ1) is 8.20. The number of hydrogen-bond acceptors (Lipinski definition) is 3. The second kappa shape index (κ2) is 5.80. The molecule has 2 heterocycles. The van der Waals surface area contributed by atoms with Gasteiger partial charge >= 0.3 is 0 Å². The molecule has 1 N–H and O–H groups in total. The van der Waals surface area contributed by atoms with E-state index in [4.69, 9.17) is 0 Å². The molecule has 0 aliphatic rings. The first kappa shape index (κ1) is 12.8. The van der Waals surface area contributed by atoms with E-state index >= 15 is 0 Å². The van der Waals surface area contributed by atoms with Crippen LogP contribution in [0.4, 0.5) is 0 Å². The second-order valence-electron chi connectivity index (χ2n) is 3.54. The molecule has 0 fully saturated rings. The van der Waals surface area contributed by atoms with Gasteiger partial charge in [0, 0.05) is 14.7 Å². The van der Waals surface area contributed by atoms with Crippen molar-refractivity contribution in [2.45, 2.75) is 19.9 Å². The van der Waals surface area contributed by atoms with Crippen molar-refractivity contribution in [3.8, 4) is 0 Å². The van der Waals surface area contributed by atoms with Crippen molar-refractivity contribution in [1.29, 1.82) is 0 Å². The highest BCUT2D eigenvalue weighted by molar-refractivity contribution is 9.10. The lowest BCUT2D eigenvalue weighted by molar-refractivity contribution is 0.0954. The van der Waals surface area contributed by atoms with Crippen molar-refractivity contribution in [2.24, 2.45) is 0 Å². The van der Waals surface area contributed by atoms with Gasteiger partial charge in [-0.25, -0.2) is 0 Å². The molecule has 2 nitrogen and oxygen atoms in total. The van der Waals surface area contributed by atoms with Crippen LogP contribution in [0.15, 0.2) is 27.4 Å². The molecule has 0 spiro atoms. The molecule has 0 unspecified atom stereocenters. The third-order valence-electron chi connectivity index (χ3n) is 2.38. The van der Waals surface area contributed by atoms with E-state index in [1.165, 1.54) is 11.3 Å². The van der Waals surface area contributed by atoms with E-state index in [-0.39, 0.29) is 5.91 Å². The molecule has 0 bridgehead atoms. The van der Waals surface area contributed by atoms with Crippen LogP contribution in [-0.4, -0.2) is 5.91 Å². The molecule has 0 aliphatic carbocycles. The van der Waals surface area contributed by atoms with E-state index in [1.807, 2.05) is 22.9 Å². The van der Waals surface area contributed by atoms with Gasteiger partial charge in [0.05, 0.1) is 11.4 Å². The van der Waals surface area contributed by atoms with E-state index in [2.05, 4.69) is 28.2 Å². The van der Waals surface area contributed by atoms with E-state index in [0.29, 0.717) is 6.54 Å². The number of rotatable bonds is 4. The molecule has 0 aliphatic heterocycles. The minimum absolute atomic E-state index is 0.0290. The van der Waals surface area contributed by atoms with Gasteiger partial charge in [0.15, 0.2) is 0 Å². The maximum absolute atomic E-state index is 12.0. The van der Waals surface area contributed by atoms with Crippen molar-refractivity contribution in [3.05, 3.63) is 42.7 Å². The summed E-state index contributed by atoms with van der Waals surface area (Å²) in [6, 6.07) is 4.04. The van der Waals surface area contributed by atoms with Crippen LogP contribution in [0.2, 0.25) is 0 Å². The molecule has 2 aromatic heterocycles. The summed E-state index contributed by atoms with van der Waals surface area (Å²) >= 11 is 6.55. The zero-order valence-corrected chi connectivity index (χ0v) is 12.5. The average Bonchev–Trinajstić information content (AvgIpc) is 2.94. The lowest BCUT2D eigenvalue weighted by Crippen LogP contribution is -2.22. The summed E-state index contributed by atoms with van der Waals surface area (Å²) in [5.74, 6) is 0.0290. The van der Waals surface area contributed by atoms with Crippen molar-refractivity contribution >= 4 is 44.5 Å². The summed E-state index contributed by atoms with van der Waals surface area (Å²) in [6.07, 6.45) is 0.900. The van der Waals surface area contributed by atoms with Gasteiger partial charge in [0.25, 0.3) is 5.91 Å². The Labute approximate surface area is 117 Å². The Hall–Kier alpha value is -0.650. The first-order valence-corrected chi connectivity index (χ1v) is 7.83. The zero-order valence-electron chi connectivity index (χ0n) is 9.33. The number of nitrogens with one attached hydrogen (secondary N) is 1. The van der Waals surface area contributed by atoms with Gasteiger partial charge in [-0.15, -0.1) is 22.7 Å². The van der Waals surface area contributed by atoms with Crippen LogP contribution in [0.3, 0.4) is 0 Å². The molecule has 0 aromatic carbocycles. The predicted octanol–water partition coefficient (Wildman–Crippen LogP) is 4.06. The van der Waals surface area contributed by atoms with Gasteiger partial charge in [0.2, 0.25) is 0 Å². The minimum atomic E-state index is 0.0290. The number of halogens is 1. The lowest BCUT2D eigenvalue weighted by Gasteiger charge is -2.03. The summed E-state index contributed by atoms with van der Waals surface area (Å²) in [6.45, 7) is 2.66. The van der Waals surface area contributed by atoms with Crippen molar-refractivity contribution in [3.63, 3.8) is 0 Å². The van der Waals surface area contributed by atoms with E-state index < -0.39 is 0 Å². The SMILES string of the molecule is CCc1ccsc1C(=O)NCc1cc(Br)cs1. The lowest BCUT2D eigenvalue weighted by atomic mass is 10.2. The van der Waals surface area contributed by atoms with Crippen LogP contribution >= 0.6 is 38.6 Å². The predicted molar refractivity (Wildman–Crippen MR) is 76.9 cm³/mol. The highest BCUT2D eigenvalue weighted by Gasteiger charge is 2.11. The Kier molecular flexibility index (Phi) is 4.36. The van der Waals surface area contributed by atoms with E-state index in [1.54, 1.807) is 11.3 Å². The van der Waals surface area contributed by atoms with Crippen LogP contribution in [0, 0.1) is 0 Å². The second-order valence-corrected chi connectivity index (χ2v) is 6.37. The minimum Gasteiger partial charge on any atom is -0.346 e. The molecule has 0 atom stereocenters. The fourth-order valence-corrected chi connectivity index (χ4v) is 3.81. The fourth-order valence-electron chi connectivity index (χ4n) is 1.51. The van der Waals surface area contributed by atoms with Crippen LogP contribution < -0.4 is 5.32 Å². The zero-order chi connectivity index (χ0) is 12.3. The standard InChI is InChI=1S/C12H12BrNOS2/c1-2-8-3-4-16-11(8)12(15)14-6-10-5-9(13)7-17-10/h3-5,7H,2,6H2,1H3,(H,14,15). The third-order valence-corrected chi connectivity index (χ3v) is 5.03. The van der Waals surface area contributed by atoms with Crippen molar-refractivity contribution < 1.29 is 4.79 Å². The topological polar surface area (TPSA) is 29.1 Å². The molecule has 2 rings (SSSR count). The maximum Gasteiger partial charge on any atom is 0.261 e. The first-order valence-electron chi connectivity index (χ1n) is 5.28. The normalized spacial score (nSPS) is 10.5. The molecule has 90 valence electrons. The quantitative estimate of drug-likeness (QED) is 0.900. The number of carbonyl (C=O) groups is 1. The van der Waals surface area contributed by atoms with Crippen LogP contribution in [0.5, 0.6) is 0 Å². The largest absolute Gasteiger partial charge is 0.346 e. The molecule has 0 radical (unpaired) electrons. The average molecular weight is 330 g/mol. The highest BCUT2D eigenvalue weighted by Crippen LogP contribution is 2.20. The summed E-state index contributed by atoms with van der Waals surface area (Å²) < 4.78 is 1.07. The molecule has 17 heavy (non-hydrogen) atoms. The van der Waals surface area contributed by atoms with E-state index in [9.17, 15) is 4.79 Å². The third kappa shape index (κ3) is 3.18. The fraction of sp³-hybridized carbons (Fsp3) is 0.250. The van der Waals surface area contributed by atoms with Gasteiger partial charge in [-0.05, 0) is 45.4 Å². The number of aryl methyl sites for hydroxylation is 1. The smallest absolute Gasteiger partial charge is 0.261 e. The monoisotopic (exact) mass is 329 g/mol. The molecule has 5 heteroatoms. The van der Waals surface area contributed by atoms with Gasteiger partial charge in [-0.3, -0.25) is 4.79 Å². The summed E-state index contributed by atoms with van der Waals surface area (Å²) in [5, 5.41) is 6.94. The summed E-state index contributed by atoms with van der Waals surface area (Å²) in [4.78, 5) is 13.9. The molecule has 1 amide bonds. The molecular weight excluding hydrogens is 318 g/mol. The Morgan fingerprint density at radius 1 is 1.47 bits per heavy atom. The Morgan fingerprint density at radius 2 is 2.29 bits per heavy atom. The molecule has 0 saturated carbocycles. The number of amides is 1. The number of hydrogen-bond donors (Lipinski definition) is 1. The van der Waals surface area contributed by atoms with Crippen LogP contribution in [-0.2, 0) is 13.0 Å². The number of carbonyl (C=O) groups excluding carboxylic acids is 1. The molecule has 0 saturated heterocycles. The van der Waals surface area contributed by atoms with E-state index in [0.717, 1.165) is 26.2 Å². The van der Waals surface area contributed by atoms with Crippen molar-refractivity contribution in [2.75, 3.05) is 0 Å². The molecular formula is C12H12BrNOS2. The van der Waals surface area contributed by atoms with Gasteiger partial charge in [-0.2, -0.15) is 0 Å². The van der Waals surface area contributed by atoms with Crippen LogP contribution in [0.1, 0.15) is 27.0 Å². The highest BCUT2D eigenvalue weighted by atomic mass is 79.9. The number of thiophene rings is 2.